The Kier molecular flexibility index (Phi) is 8.22. The van der Waals surface area contributed by atoms with Crippen LogP contribution in [-0.2, 0) is 4.79 Å². The minimum atomic E-state index is -0.455. The molecule has 5 nitrogen and oxygen atoms in total. The van der Waals surface area contributed by atoms with E-state index >= 15 is 0 Å². The molecular weight excluding hydrogens is 326 g/mol. The Morgan fingerprint density at radius 3 is 2.38 bits per heavy atom. The zero-order chi connectivity index (χ0) is 16.8. The summed E-state index contributed by atoms with van der Waals surface area (Å²) in [4.78, 5) is 26.4. The van der Waals surface area contributed by atoms with Gasteiger partial charge in [0.25, 0.3) is 5.91 Å². The van der Waals surface area contributed by atoms with E-state index in [0.29, 0.717) is 18.7 Å². The minimum Gasteiger partial charge on any atom is -0.352 e. The van der Waals surface area contributed by atoms with Gasteiger partial charge in [0, 0.05) is 24.7 Å². The molecule has 0 bridgehead atoms. The molecule has 1 fully saturated rings. The average Bonchev–Trinajstić information content (AvgIpc) is 2.61. The number of hydrogen-bond acceptors (Lipinski definition) is 3. The summed E-state index contributed by atoms with van der Waals surface area (Å²) >= 11 is 0. The van der Waals surface area contributed by atoms with Crippen LogP contribution in [0.25, 0.3) is 0 Å². The summed E-state index contributed by atoms with van der Waals surface area (Å²) in [5, 5.41) is 3.03. The lowest BCUT2D eigenvalue weighted by atomic mass is 9.98. The molecule has 0 saturated carbocycles. The average molecular weight is 354 g/mol. The van der Waals surface area contributed by atoms with Gasteiger partial charge in [-0.3, -0.25) is 9.59 Å². The number of nitrogens with one attached hydrogen (secondary N) is 1. The predicted molar refractivity (Wildman–Crippen MR) is 98.2 cm³/mol. The van der Waals surface area contributed by atoms with Crippen LogP contribution >= 0.6 is 12.4 Å². The number of benzene rings is 1. The molecule has 1 aromatic rings. The summed E-state index contributed by atoms with van der Waals surface area (Å²) in [6.45, 7) is 5.35. The second-order valence-corrected chi connectivity index (χ2v) is 6.35. The first-order chi connectivity index (χ1) is 11.0. The van der Waals surface area contributed by atoms with E-state index < -0.39 is 6.04 Å². The largest absolute Gasteiger partial charge is 0.352 e. The number of carbonyl (C=O) groups is 2. The van der Waals surface area contributed by atoms with Crippen molar-refractivity contribution in [1.29, 1.82) is 0 Å². The number of likely N-dealkylation sites (tertiary alicyclic amines) is 1. The third-order valence-corrected chi connectivity index (χ3v) is 4.71. The van der Waals surface area contributed by atoms with Gasteiger partial charge in [0.1, 0.15) is 0 Å². The van der Waals surface area contributed by atoms with Crippen molar-refractivity contribution < 1.29 is 9.59 Å². The fourth-order valence-corrected chi connectivity index (χ4v) is 2.80. The van der Waals surface area contributed by atoms with Crippen molar-refractivity contribution in [2.75, 3.05) is 13.1 Å². The molecule has 1 saturated heterocycles. The van der Waals surface area contributed by atoms with Gasteiger partial charge in [-0.2, -0.15) is 0 Å². The van der Waals surface area contributed by atoms with Crippen molar-refractivity contribution >= 4 is 24.2 Å². The normalized spacial score (nSPS) is 17.5. The number of hydrogen-bond donors (Lipinski definition) is 2. The second-order valence-electron chi connectivity index (χ2n) is 6.35. The van der Waals surface area contributed by atoms with Gasteiger partial charge in [0.2, 0.25) is 5.91 Å². The highest BCUT2D eigenvalue weighted by molar-refractivity contribution is 5.94. The van der Waals surface area contributed by atoms with E-state index in [0.717, 1.165) is 19.3 Å². The predicted octanol–water partition coefficient (Wildman–Crippen LogP) is 2.20. The summed E-state index contributed by atoms with van der Waals surface area (Å²) in [6.07, 6.45) is 2.44. The third-order valence-electron chi connectivity index (χ3n) is 4.71. The number of rotatable bonds is 5. The molecule has 0 aromatic heterocycles. The number of halogens is 1. The van der Waals surface area contributed by atoms with Crippen LogP contribution in [0.2, 0.25) is 0 Å². The molecule has 24 heavy (non-hydrogen) atoms. The molecule has 0 radical (unpaired) electrons. The first-order valence-electron chi connectivity index (χ1n) is 8.43. The molecule has 1 aliphatic rings. The fraction of sp³-hybridized carbons (Fsp3) is 0.556. The van der Waals surface area contributed by atoms with Gasteiger partial charge in [0.15, 0.2) is 0 Å². The van der Waals surface area contributed by atoms with Crippen molar-refractivity contribution in [2.24, 2.45) is 11.7 Å². The van der Waals surface area contributed by atoms with Crippen LogP contribution in [0.3, 0.4) is 0 Å². The lowest BCUT2D eigenvalue weighted by Gasteiger charge is -2.33. The van der Waals surface area contributed by atoms with Crippen molar-refractivity contribution in [3.05, 3.63) is 35.9 Å². The maximum atomic E-state index is 12.4. The number of piperidine rings is 1. The Hall–Kier alpha value is -1.59. The zero-order valence-electron chi connectivity index (χ0n) is 14.4. The van der Waals surface area contributed by atoms with E-state index in [2.05, 4.69) is 5.32 Å². The Bertz CT molecular complexity index is 530. The van der Waals surface area contributed by atoms with Gasteiger partial charge in [-0.25, -0.2) is 0 Å². The maximum Gasteiger partial charge on any atom is 0.253 e. The van der Waals surface area contributed by atoms with Crippen LogP contribution in [0.4, 0.5) is 0 Å². The van der Waals surface area contributed by atoms with Crippen molar-refractivity contribution in [1.82, 2.24) is 10.2 Å². The molecule has 6 heteroatoms. The van der Waals surface area contributed by atoms with Gasteiger partial charge < -0.3 is 16.0 Å². The molecule has 2 atom stereocenters. The van der Waals surface area contributed by atoms with E-state index in [1.54, 1.807) is 0 Å². The molecule has 1 aliphatic heterocycles. The van der Waals surface area contributed by atoms with Crippen molar-refractivity contribution in [2.45, 2.75) is 45.2 Å². The van der Waals surface area contributed by atoms with Gasteiger partial charge >= 0.3 is 0 Å². The first kappa shape index (κ1) is 20.5. The summed E-state index contributed by atoms with van der Waals surface area (Å²) in [5.41, 5.74) is 6.68. The van der Waals surface area contributed by atoms with Crippen LogP contribution in [0.15, 0.2) is 30.3 Å². The van der Waals surface area contributed by atoms with Crippen LogP contribution in [0, 0.1) is 5.92 Å². The Balaban J connectivity index is 0.00000288. The molecule has 0 aliphatic carbocycles. The van der Waals surface area contributed by atoms with E-state index in [9.17, 15) is 9.59 Å². The van der Waals surface area contributed by atoms with Crippen LogP contribution in [0.1, 0.15) is 43.5 Å². The van der Waals surface area contributed by atoms with Crippen LogP contribution < -0.4 is 11.1 Å². The Morgan fingerprint density at radius 2 is 1.83 bits per heavy atom. The molecule has 3 N–H and O–H groups in total. The number of carbonyl (C=O) groups excluding carboxylic acids is 2. The number of amides is 2. The second kappa shape index (κ2) is 9.64. The summed E-state index contributed by atoms with van der Waals surface area (Å²) < 4.78 is 0. The van der Waals surface area contributed by atoms with Crippen molar-refractivity contribution in [3.8, 4) is 0 Å². The standard InChI is InChI=1S/C18H27N3O2.ClH/c1-3-13(2)16(19)17(22)20-15-9-11-21(12-10-15)18(23)14-7-5-4-6-8-14;/h4-8,13,15-16H,3,9-12,19H2,1-2H3,(H,20,22);1H. The highest BCUT2D eigenvalue weighted by atomic mass is 35.5. The lowest BCUT2D eigenvalue weighted by Crippen LogP contribution is -2.52. The minimum absolute atomic E-state index is 0. The van der Waals surface area contributed by atoms with E-state index in [1.807, 2.05) is 49.1 Å². The molecule has 1 heterocycles. The van der Waals surface area contributed by atoms with E-state index in [4.69, 9.17) is 5.73 Å². The third kappa shape index (κ3) is 5.21. The van der Waals surface area contributed by atoms with E-state index in [1.165, 1.54) is 0 Å². The molecule has 2 unspecified atom stereocenters. The molecular formula is C18H28ClN3O2. The molecule has 0 spiro atoms. The smallest absolute Gasteiger partial charge is 0.253 e. The van der Waals surface area contributed by atoms with Gasteiger partial charge in [-0.15, -0.1) is 12.4 Å². The van der Waals surface area contributed by atoms with Gasteiger partial charge in [0.05, 0.1) is 6.04 Å². The highest BCUT2D eigenvalue weighted by Crippen LogP contribution is 2.15. The maximum absolute atomic E-state index is 12.4. The monoisotopic (exact) mass is 353 g/mol. The first-order valence-corrected chi connectivity index (χ1v) is 8.43. The summed E-state index contributed by atoms with van der Waals surface area (Å²) in [5.74, 6) is 0.161. The van der Waals surface area contributed by atoms with Crippen LogP contribution in [-0.4, -0.2) is 41.9 Å². The topological polar surface area (TPSA) is 75.4 Å². The number of nitrogens with zero attached hydrogens (tertiary/aromatic N) is 1. The molecule has 1 aromatic carbocycles. The number of nitrogens with two attached hydrogens (primary N) is 1. The molecule has 2 rings (SSSR count). The van der Waals surface area contributed by atoms with Gasteiger partial charge in [-0.1, -0.05) is 38.5 Å². The fourth-order valence-electron chi connectivity index (χ4n) is 2.80. The molecule has 2 amide bonds. The Labute approximate surface area is 150 Å². The van der Waals surface area contributed by atoms with Crippen LogP contribution in [0.5, 0.6) is 0 Å². The summed E-state index contributed by atoms with van der Waals surface area (Å²) in [7, 11) is 0. The van der Waals surface area contributed by atoms with Crippen molar-refractivity contribution in [3.63, 3.8) is 0 Å². The quantitative estimate of drug-likeness (QED) is 0.852. The highest BCUT2D eigenvalue weighted by Gasteiger charge is 2.27. The van der Waals surface area contributed by atoms with Gasteiger partial charge in [-0.05, 0) is 30.9 Å². The Morgan fingerprint density at radius 1 is 1.25 bits per heavy atom. The lowest BCUT2D eigenvalue weighted by molar-refractivity contribution is -0.124. The molecule has 134 valence electrons. The summed E-state index contributed by atoms with van der Waals surface area (Å²) in [6, 6.07) is 8.97. The van der Waals surface area contributed by atoms with E-state index in [-0.39, 0.29) is 36.2 Å². The zero-order valence-corrected chi connectivity index (χ0v) is 15.2. The SMILES string of the molecule is CCC(C)C(N)C(=O)NC1CCN(C(=O)c2ccccc2)CC1.Cl.